The maximum atomic E-state index is 13.5. The molecule has 0 spiro atoms. The molecule has 0 aliphatic carbocycles. The van der Waals surface area contributed by atoms with Crippen LogP contribution < -0.4 is 9.47 Å². The van der Waals surface area contributed by atoms with Crippen LogP contribution in [0.1, 0.15) is 40.7 Å². The van der Waals surface area contributed by atoms with Gasteiger partial charge in [0.05, 0.1) is 12.0 Å². The van der Waals surface area contributed by atoms with Gasteiger partial charge in [-0.05, 0) is 42.2 Å². The number of carbonyl (C=O) groups is 2. The number of rotatable bonds is 5. The molecule has 0 radical (unpaired) electrons. The van der Waals surface area contributed by atoms with Crippen molar-refractivity contribution in [2.45, 2.75) is 37.9 Å². The molecule has 2 aromatic rings. The Balaban J connectivity index is 1.09. The number of fused-ring (bicyclic) bond motifs is 2. The number of hydrogen-bond donors (Lipinski definition) is 0. The lowest BCUT2D eigenvalue weighted by Gasteiger charge is -2.45. The Kier molecular flexibility index (Phi) is 5.86. The van der Waals surface area contributed by atoms with E-state index in [0.717, 1.165) is 42.3 Å². The van der Waals surface area contributed by atoms with Gasteiger partial charge in [-0.1, -0.05) is 24.3 Å². The van der Waals surface area contributed by atoms with E-state index in [1.807, 2.05) is 46.2 Å². The van der Waals surface area contributed by atoms with Crippen molar-refractivity contribution in [3.05, 3.63) is 59.2 Å². The van der Waals surface area contributed by atoms with Crippen LogP contribution >= 0.6 is 0 Å². The zero-order valence-electron chi connectivity index (χ0n) is 19.9. The summed E-state index contributed by atoms with van der Waals surface area (Å²) in [7, 11) is 0. The molecule has 184 valence electrons. The zero-order valence-corrected chi connectivity index (χ0v) is 19.9. The van der Waals surface area contributed by atoms with E-state index in [1.165, 1.54) is 5.56 Å². The highest BCUT2D eigenvalue weighted by Crippen LogP contribution is 2.38. The summed E-state index contributed by atoms with van der Waals surface area (Å²) in [5, 5.41) is 0. The summed E-state index contributed by atoms with van der Waals surface area (Å²) >= 11 is 0. The van der Waals surface area contributed by atoms with Crippen LogP contribution in [0, 0.1) is 0 Å². The summed E-state index contributed by atoms with van der Waals surface area (Å²) in [6.07, 6.45) is 1.75. The first-order valence-corrected chi connectivity index (χ1v) is 12.5. The van der Waals surface area contributed by atoms with Crippen molar-refractivity contribution >= 4 is 11.8 Å². The maximum Gasteiger partial charge on any atom is 0.254 e. The smallest absolute Gasteiger partial charge is 0.254 e. The maximum absolute atomic E-state index is 13.5. The van der Waals surface area contributed by atoms with Crippen LogP contribution in [0.25, 0.3) is 0 Å². The Morgan fingerprint density at radius 3 is 2.51 bits per heavy atom. The minimum Gasteiger partial charge on any atom is -0.454 e. The molecule has 4 heterocycles. The molecule has 8 heteroatoms. The normalized spacial score (nSPS) is 21.3. The number of piperazine rings is 1. The lowest BCUT2D eigenvalue weighted by atomic mass is 9.84. The fourth-order valence-corrected chi connectivity index (χ4v) is 5.78. The highest BCUT2D eigenvalue weighted by Gasteiger charge is 2.46. The molecule has 0 aromatic heterocycles. The van der Waals surface area contributed by atoms with E-state index in [2.05, 4.69) is 11.0 Å². The van der Waals surface area contributed by atoms with Gasteiger partial charge in [0, 0.05) is 58.0 Å². The molecule has 0 N–H and O–H groups in total. The third-order valence-corrected chi connectivity index (χ3v) is 7.87. The summed E-state index contributed by atoms with van der Waals surface area (Å²) < 4.78 is 16.5. The van der Waals surface area contributed by atoms with Gasteiger partial charge >= 0.3 is 0 Å². The van der Waals surface area contributed by atoms with Crippen molar-refractivity contribution in [2.24, 2.45) is 0 Å². The fraction of sp³-hybridized carbons (Fsp3) is 0.481. The largest absolute Gasteiger partial charge is 0.454 e. The topological polar surface area (TPSA) is 71.6 Å². The van der Waals surface area contributed by atoms with E-state index in [1.54, 1.807) is 0 Å². The van der Waals surface area contributed by atoms with Crippen LogP contribution in [0.5, 0.6) is 11.5 Å². The van der Waals surface area contributed by atoms with Crippen molar-refractivity contribution in [3.63, 3.8) is 0 Å². The lowest BCUT2D eigenvalue weighted by molar-refractivity contribution is -0.137. The standard InChI is InChI=1S/C27H31N3O5/c31-25(29-11-9-28(10-12-29)17-20-5-6-23-24(15-20)35-19-34-23)16-27(7-13-33-14-8-27)30-18-21-3-1-2-4-22(21)26(30)32/h1-6,15H,7-14,16-19H2. The molecule has 2 aromatic carbocycles. The van der Waals surface area contributed by atoms with Crippen molar-refractivity contribution in [1.82, 2.24) is 14.7 Å². The molecular weight excluding hydrogens is 446 g/mol. The van der Waals surface area contributed by atoms with E-state index in [4.69, 9.17) is 14.2 Å². The Hall–Kier alpha value is -3.10. The molecule has 4 aliphatic heterocycles. The van der Waals surface area contributed by atoms with E-state index < -0.39 is 5.54 Å². The Morgan fingerprint density at radius 2 is 1.71 bits per heavy atom. The second kappa shape index (κ2) is 9.17. The minimum atomic E-state index is -0.477. The van der Waals surface area contributed by atoms with Gasteiger partial charge in [0.1, 0.15) is 0 Å². The van der Waals surface area contributed by atoms with Gasteiger partial charge in [-0.15, -0.1) is 0 Å². The van der Waals surface area contributed by atoms with Crippen LogP contribution in [0.3, 0.4) is 0 Å². The SMILES string of the molecule is O=C(CC1(N2Cc3ccccc3C2=O)CCOCC1)N1CCN(Cc2ccc3c(c2)OCO3)CC1. The second-order valence-electron chi connectivity index (χ2n) is 9.91. The average Bonchev–Trinajstić information content (AvgIpc) is 3.49. The summed E-state index contributed by atoms with van der Waals surface area (Å²) in [6.45, 7) is 5.88. The van der Waals surface area contributed by atoms with Gasteiger partial charge in [0.25, 0.3) is 5.91 Å². The lowest BCUT2D eigenvalue weighted by Crippen LogP contribution is -2.56. The first-order chi connectivity index (χ1) is 17.1. The van der Waals surface area contributed by atoms with E-state index in [-0.39, 0.29) is 18.6 Å². The van der Waals surface area contributed by atoms with Gasteiger partial charge in [-0.2, -0.15) is 0 Å². The molecule has 0 bridgehead atoms. The summed E-state index contributed by atoms with van der Waals surface area (Å²) in [6, 6.07) is 13.9. The first-order valence-electron chi connectivity index (χ1n) is 12.5. The van der Waals surface area contributed by atoms with Crippen molar-refractivity contribution in [2.75, 3.05) is 46.2 Å². The van der Waals surface area contributed by atoms with E-state index in [9.17, 15) is 9.59 Å². The molecule has 2 saturated heterocycles. The van der Waals surface area contributed by atoms with Crippen molar-refractivity contribution in [3.8, 4) is 11.5 Å². The third-order valence-electron chi connectivity index (χ3n) is 7.87. The number of ether oxygens (including phenoxy) is 3. The fourth-order valence-electron chi connectivity index (χ4n) is 5.78. The van der Waals surface area contributed by atoms with Crippen LogP contribution in [-0.4, -0.2) is 78.2 Å². The van der Waals surface area contributed by atoms with Crippen LogP contribution in [0.4, 0.5) is 0 Å². The molecular formula is C27H31N3O5. The van der Waals surface area contributed by atoms with Crippen molar-refractivity contribution in [1.29, 1.82) is 0 Å². The number of hydrogen-bond acceptors (Lipinski definition) is 6. The summed E-state index contributed by atoms with van der Waals surface area (Å²) in [4.78, 5) is 33.1. The van der Waals surface area contributed by atoms with E-state index >= 15 is 0 Å². The van der Waals surface area contributed by atoms with Crippen molar-refractivity contribution < 1.29 is 23.8 Å². The van der Waals surface area contributed by atoms with Gasteiger partial charge in [-0.3, -0.25) is 14.5 Å². The molecule has 8 nitrogen and oxygen atoms in total. The van der Waals surface area contributed by atoms with Gasteiger partial charge in [0.2, 0.25) is 12.7 Å². The Morgan fingerprint density at radius 1 is 0.943 bits per heavy atom. The van der Waals surface area contributed by atoms with Crippen LogP contribution in [0.2, 0.25) is 0 Å². The molecule has 4 aliphatic rings. The molecule has 0 unspecified atom stereocenters. The van der Waals surface area contributed by atoms with Gasteiger partial charge in [0.15, 0.2) is 11.5 Å². The average molecular weight is 478 g/mol. The molecule has 35 heavy (non-hydrogen) atoms. The second-order valence-corrected chi connectivity index (χ2v) is 9.91. The molecule has 0 saturated carbocycles. The number of benzene rings is 2. The molecule has 0 atom stereocenters. The molecule has 2 fully saturated rings. The predicted octanol–water partition coefficient (Wildman–Crippen LogP) is 2.65. The van der Waals surface area contributed by atoms with Crippen LogP contribution in [-0.2, 0) is 22.6 Å². The third kappa shape index (κ3) is 4.25. The molecule has 2 amide bonds. The summed E-state index contributed by atoms with van der Waals surface area (Å²) in [5.74, 6) is 1.78. The quantitative estimate of drug-likeness (QED) is 0.660. The highest BCUT2D eigenvalue weighted by molar-refractivity contribution is 5.99. The monoisotopic (exact) mass is 477 g/mol. The minimum absolute atomic E-state index is 0.0452. The Bertz CT molecular complexity index is 1120. The number of nitrogens with zero attached hydrogens (tertiary/aromatic N) is 3. The van der Waals surface area contributed by atoms with Gasteiger partial charge < -0.3 is 24.0 Å². The first kappa shape index (κ1) is 22.4. The summed E-state index contributed by atoms with van der Waals surface area (Å²) in [5.41, 5.74) is 2.52. The number of carbonyl (C=O) groups excluding carboxylic acids is 2. The Labute approximate surface area is 205 Å². The number of amides is 2. The van der Waals surface area contributed by atoms with Crippen LogP contribution in [0.15, 0.2) is 42.5 Å². The highest BCUT2D eigenvalue weighted by atomic mass is 16.7. The van der Waals surface area contributed by atoms with E-state index in [0.29, 0.717) is 52.1 Å². The zero-order chi connectivity index (χ0) is 23.8. The van der Waals surface area contributed by atoms with Gasteiger partial charge in [-0.25, -0.2) is 0 Å². The predicted molar refractivity (Wildman–Crippen MR) is 128 cm³/mol. The molecule has 6 rings (SSSR count).